The number of para-hydroxylation sites is 1. The van der Waals surface area contributed by atoms with Crippen LogP contribution in [0.3, 0.4) is 0 Å². The van der Waals surface area contributed by atoms with Crippen LogP contribution in [0, 0.1) is 0 Å². The molecule has 2 heterocycles. The highest BCUT2D eigenvalue weighted by Gasteiger charge is 2.34. The van der Waals surface area contributed by atoms with Crippen molar-refractivity contribution < 1.29 is 53.3 Å². The maximum absolute atomic E-state index is 13.7. The molecule has 3 rings (SSSR count). The lowest BCUT2D eigenvalue weighted by molar-refractivity contribution is -0.152. The van der Waals surface area contributed by atoms with Gasteiger partial charge in [-0.05, 0) is 50.7 Å². The number of hydrogen-bond donors (Lipinski definition) is 10. The van der Waals surface area contributed by atoms with Crippen molar-refractivity contribution in [3.05, 3.63) is 60.3 Å². The molecule has 0 bridgehead atoms. The van der Waals surface area contributed by atoms with Crippen molar-refractivity contribution >= 4 is 58.2 Å². The Kier molecular flexibility index (Phi) is 24.1. The number of rotatable bonds is 23. The van der Waals surface area contributed by atoms with Crippen LogP contribution in [0.5, 0.6) is 0 Å². The van der Waals surface area contributed by atoms with E-state index in [4.69, 9.17) is 10.5 Å². The first-order chi connectivity index (χ1) is 31.2. The number of aliphatic hydroxyl groups is 2. The lowest BCUT2D eigenvalue weighted by atomic mass is 10.0. The second kappa shape index (κ2) is 29.4. The number of aromatic amines is 1. The molecule has 0 saturated carbocycles. The van der Waals surface area contributed by atoms with E-state index in [0.717, 1.165) is 49.4 Å². The number of carbonyl (C=O) groups excluding carboxylic acids is 8. The number of unbranched alkanes of at least 4 members (excludes halogenated alkanes) is 7. The first-order valence-electron chi connectivity index (χ1n) is 22.6. The van der Waals surface area contributed by atoms with Crippen LogP contribution < -0.4 is 37.6 Å². The summed E-state index contributed by atoms with van der Waals surface area (Å²) >= 11 is 0. The van der Waals surface area contributed by atoms with Crippen molar-refractivity contribution in [3.63, 3.8) is 0 Å². The highest BCUT2D eigenvalue weighted by Crippen LogP contribution is 2.19. The number of fused-ring (bicyclic) bond motifs is 1. The zero-order chi connectivity index (χ0) is 47.6. The third-order valence-corrected chi connectivity index (χ3v) is 10.8. The average molecular weight is 909 g/mol. The number of cyclic esters (lactones) is 1. The van der Waals surface area contributed by atoms with E-state index in [1.165, 1.54) is 19.8 Å². The third kappa shape index (κ3) is 20.1. The van der Waals surface area contributed by atoms with E-state index in [0.29, 0.717) is 18.4 Å². The number of ether oxygens (including phenoxy) is 1. The number of hydrogen-bond acceptors (Lipinski definition) is 11. The topological polar surface area (TPSA) is 300 Å². The number of amides is 7. The third-order valence-electron chi connectivity index (χ3n) is 10.8. The molecule has 1 aliphatic heterocycles. The van der Waals surface area contributed by atoms with Gasteiger partial charge in [-0.3, -0.25) is 38.4 Å². The zero-order valence-electron chi connectivity index (χ0n) is 37.5. The average Bonchev–Trinajstić information content (AvgIpc) is 3.68. The fraction of sp³-hybridized carbons (Fsp3) is 0.565. The predicted octanol–water partition coefficient (Wildman–Crippen LogP) is 1.26. The SMILES string of the molecule is CCCCCC=CC=CC(O)CCCCCCCC(=O)NC(CCC(N)=O)C(=O)NC1C(=O)NCCC(=O)NC(Cc2c[nH]c3ccccc23)C(=O)NC(CO)C(=O)NCC(=O)OC1C. The van der Waals surface area contributed by atoms with Gasteiger partial charge in [0.25, 0.3) is 0 Å². The summed E-state index contributed by atoms with van der Waals surface area (Å²) in [6, 6.07) is 1.66. The van der Waals surface area contributed by atoms with E-state index >= 15 is 0 Å². The minimum Gasteiger partial charge on any atom is -0.459 e. The van der Waals surface area contributed by atoms with E-state index in [-0.39, 0.29) is 38.6 Å². The van der Waals surface area contributed by atoms with Crippen LogP contribution >= 0.6 is 0 Å². The maximum Gasteiger partial charge on any atom is 0.325 e. The van der Waals surface area contributed by atoms with Crippen molar-refractivity contribution in [1.82, 2.24) is 36.9 Å². The lowest BCUT2D eigenvalue weighted by Crippen LogP contribution is -2.58. The number of nitrogens with two attached hydrogens (primary N) is 1. The number of aliphatic hydroxyl groups excluding tert-OH is 2. The molecular weight excluding hydrogens is 841 g/mol. The number of allylic oxidation sites excluding steroid dienone is 3. The molecule has 1 aromatic carbocycles. The minimum atomic E-state index is -1.59. The van der Waals surface area contributed by atoms with Crippen LogP contribution in [-0.4, -0.2) is 119 Å². The van der Waals surface area contributed by atoms with E-state index in [2.05, 4.69) is 49.9 Å². The van der Waals surface area contributed by atoms with E-state index < -0.39 is 96.8 Å². The molecule has 65 heavy (non-hydrogen) atoms. The summed E-state index contributed by atoms with van der Waals surface area (Å²) in [7, 11) is 0. The number of benzene rings is 1. The van der Waals surface area contributed by atoms with Gasteiger partial charge in [0, 0.05) is 49.3 Å². The Labute approximate surface area is 379 Å². The molecule has 1 aliphatic rings. The van der Waals surface area contributed by atoms with Crippen LogP contribution in [-0.2, 0) is 49.5 Å². The molecule has 1 fully saturated rings. The number of nitrogens with one attached hydrogen (secondary N) is 7. The Bertz CT molecular complexity index is 1950. The van der Waals surface area contributed by atoms with Crippen molar-refractivity contribution in [2.24, 2.45) is 5.73 Å². The van der Waals surface area contributed by atoms with Gasteiger partial charge in [-0.15, -0.1) is 0 Å². The molecule has 0 spiro atoms. The van der Waals surface area contributed by atoms with Gasteiger partial charge < -0.3 is 57.6 Å². The van der Waals surface area contributed by atoms with Gasteiger partial charge in [0.2, 0.25) is 41.4 Å². The van der Waals surface area contributed by atoms with Crippen molar-refractivity contribution in [3.8, 4) is 0 Å². The second-order valence-electron chi connectivity index (χ2n) is 16.2. The lowest BCUT2D eigenvalue weighted by Gasteiger charge is -2.27. The Morgan fingerprint density at radius 3 is 2.40 bits per heavy atom. The highest BCUT2D eigenvalue weighted by molar-refractivity contribution is 5.95. The summed E-state index contributed by atoms with van der Waals surface area (Å²) in [5.41, 5.74) is 6.82. The van der Waals surface area contributed by atoms with E-state index in [1.54, 1.807) is 12.3 Å². The van der Waals surface area contributed by atoms with Crippen molar-refractivity contribution in [2.75, 3.05) is 19.7 Å². The second-order valence-corrected chi connectivity index (χ2v) is 16.2. The number of H-pyrrole nitrogens is 1. The first-order valence-corrected chi connectivity index (χ1v) is 22.6. The molecular formula is C46H68N8O11. The Morgan fingerprint density at radius 2 is 1.65 bits per heavy atom. The minimum absolute atomic E-state index is 0.0129. The van der Waals surface area contributed by atoms with Gasteiger partial charge in [-0.25, -0.2) is 0 Å². The summed E-state index contributed by atoms with van der Waals surface area (Å²) in [6.07, 6.45) is 15.6. The van der Waals surface area contributed by atoms with Crippen LogP contribution in [0.15, 0.2) is 54.8 Å². The Hall–Kier alpha value is -6.08. The van der Waals surface area contributed by atoms with Gasteiger partial charge in [0.05, 0.1) is 12.7 Å². The zero-order valence-corrected chi connectivity index (χ0v) is 37.5. The first kappa shape index (κ1) is 53.3. The molecule has 6 unspecified atom stereocenters. The molecule has 358 valence electrons. The van der Waals surface area contributed by atoms with E-state index in [1.807, 2.05) is 36.4 Å². The summed E-state index contributed by atoms with van der Waals surface area (Å²) in [5, 5.41) is 35.9. The Morgan fingerprint density at radius 1 is 0.892 bits per heavy atom. The van der Waals surface area contributed by atoms with Crippen molar-refractivity contribution in [2.45, 2.75) is 147 Å². The maximum atomic E-state index is 13.7. The largest absolute Gasteiger partial charge is 0.459 e. The Balaban J connectivity index is 1.63. The molecule has 1 aromatic heterocycles. The molecule has 11 N–H and O–H groups in total. The van der Waals surface area contributed by atoms with Gasteiger partial charge in [-0.1, -0.05) is 88.0 Å². The van der Waals surface area contributed by atoms with E-state index in [9.17, 15) is 48.6 Å². The predicted molar refractivity (Wildman–Crippen MR) is 242 cm³/mol. The number of carbonyl (C=O) groups is 8. The fourth-order valence-electron chi connectivity index (χ4n) is 7.09. The molecule has 6 atom stereocenters. The molecule has 19 nitrogen and oxygen atoms in total. The van der Waals surface area contributed by atoms with Gasteiger partial charge in [0.1, 0.15) is 36.8 Å². The quantitative estimate of drug-likeness (QED) is 0.0430. The van der Waals surface area contributed by atoms with Crippen LogP contribution in [0.25, 0.3) is 10.9 Å². The van der Waals surface area contributed by atoms with Crippen LogP contribution in [0.1, 0.15) is 109 Å². The standard InChI is InChI=1S/C46H68N8O11/c1-3-4-5-6-7-9-12-17-32(56)18-13-10-8-11-14-21-39(58)51-35(22-23-38(47)57)44(62)54-42-30(2)65-41(60)28-50-43(61)37(29-55)53-45(63)36(52-40(59)24-25-48-46(42)64)26-31-27-49-34-20-16-15-19-33(31)34/h7,9,12,15-17,19-20,27,30,32,35-37,42,49,55-56H,3-6,8,10-11,13-14,18,21-26,28-29H2,1-2H3,(H2,47,57)(H,48,64)(H,50,61)(H,51,58)(H,52,59)(H,53,63)(H,54,62). The summed E-state index contributed by atoms with van der Waals surface area (Å²) in [5.74, 6) is -6.39. The molecule has 2 aromatic rings. The smallest absolute Gasteiger partial charge is 0.325 e. The highest BCUT2D eigenvalue weighted by atomic mass is 16.5. The normalized spacial score (nSPS) is 20.3. The number of primary amides is 1. The molecule has 1 saturated heterocycles. The molecule has 7 amide bonds. The molecule has 0 aliphatic carbocycles. The molecule has 0 radical (unpaired) electrons. The van der Waals surface area contributed by atoms with Crippen LogP contribution in [0.2, 0.25) is 0 Å². The summed E-state index contributed by atoms with van der Waals surface area (Å²) < 4.78 is 5.39. The fourth-order valence-corrected chi connectivity index (χ4v) is 7.09. The van der Waals surface area contributed by atoms with Gasteiger partial charge in [-0.2, -0.15) is 0 Å². The van der Waals surface area contributed by atoms with Gasteiger partial charge >= 0.3 is 5.97 Å². The molecule has 19 heteroatoms. The van der Waals surface area contributed by atoms with Gasteiger partial charge in [0.15, 0.2) is 0 Å². The monoisotopic (exact) mass is 909 g/mol. The number of aromatic nitrogens is 1. The van der Waals surface area contributed by atoms with Crippen LogP contribution in [0.4, 0.5) is 0 Å². The number of esters is 1. The van der Waals surface area contributed by atoms with Crippen molar-refractivity contribution in [1.29, 1.82) is 0 Å². The summed E-state index contributed by atoms with van der Waals surface area (Å²) in [4.78, 5) is 108. The summed E-state index contributed by atoms with van der Waals surface area (Å²) in [6.45, 7) is 1.59.